The Hall–Kier alpha value is -3.49. The molecule has 0 saturated heterocycles. The maximum Gasteiger partial charge on any atom is 0.283 e. The van der Waals surface area contributed by atoms with E-state index >= 15 is 0 Å². The summed E-state index contributed by atoms with van der Waals surface area (Å²) >= 11 is 7.40. The van der Waals surface area contributed by atoms with Crippen LogP contribution in [0.2, 0.25) is 5.02 Å². The number of rotatable bonds is 3. The number of hydrogen-bond donors (Lipinski definition) is 1. The quantitative estimate of drug-likeness (QED) is 0.466. The van der Waals surface area contributed by atoms with Crippen molar-refractivity contribution in [2.24, 2.45) is 10.1 Å². The van der Waals surface area contributed by atoms with Crippen LogP contribution in [0.3, 0.4) is 0 Å². The number of nitrogens with one attached hydrogen (secondary N) is 1. The number of aromatic nitrogens is 1. The number of amides is 1. The minimum Gasteiger partial charge on any atom is -0.318 e. The summed E-state index contributed by atoms with van der Waals surface area (Å²) in [6, 6.07) is 14.0. The van der Waals surface area contributed by atoms with E-state index in [0.717, 1.165) is 40.0 Å². The third kappa shape index (κ3) is 3.69. The molecule has 0 fully saturated rings. The van der Waals surface area contributed by atoms with Gasteiger partial charge in [-0.1, -0.05) is 29.8 Å². The van der Waals surface area contributed by atoms with Gasteiger partial charge in [-0.15, -0.1) is 0 Å². The summed E-state index contributed by atoms with van der Waals surface area (Å²) in [5, 5.41) is 15.5. The smallest absolute Gasteiger partial charge is 0.283 e. The number of hydrogen-bond acceptors (Lipinski definition) is 4. The molecule has 0 radical (unpaired) electrons. The average Bonchev–Trinajstić information content (AvgIpc) is 3.34. The monoisotopic (exact) mass is 491 g/mol. The first-order chi connectivity index (χ1) is 16.2. The fourth-order valence-corrected chi connectivity index (χ4v) is 5.04. The van der Waals surface area contributed by atoms with E-state index in [1.807, 2.05) is 49.6 Å². The first kappa shape index (κ1) is 22.3. The molecule has 9 heteroatoms. The standard InChI is InChI=1S/C25H19ClFN5OS/c1-13-8-9-17(12-20(13)26)31-14(2)10-16(15(31)3)11-19-22(28)32-25(29-23(19)33)34-24(30-32)18-6-4-5-7-21(18)27/h4-12,28H,1-3H3/b19-11+,28-22?. The van der Waals surface area contributed by atoms with Crippen LogP contribution in [0.5, 0.6) is 0 Å². The third-order valence-electron chi connectivity index (χ3n) is 5.74. The maximum absolute atomic E-state index is 14.2. The van der Waals surface area contributed by atoms with Gasteiger partial charge in [-0.05, 0) is 80.1 Å². The summed E-state index contributed by atoms with van der Waals surface area (Å²) in [6.45, 7) is 5.86. The van der Waals surface area contributed by atoms with Crippen molar-refractivity contribution in [2.45, 2.75) is 20.8 Å². The third-order valence-corrected chi connectivity index (χ3v) is 7.09. The fourth-order valence-electron chi connectivity index (χ4n) is 3.94. The van der Waals surface area contributed by atoms with Crippen molar-refractivity contribution in [3.63, 3.8) is 0 Å². The van der Waals surface area contributed by atoms with Gasteiger partial charge >= 0.3 is 0 Å². The van der Waals surface area contributed by atoms with Crippen LogP contribution in [0.1, 0.15) is 28.1 Å². The molecule has 5 rings (SSSR count). The number of amidine groups is 2. The van der Waals surface area contributed by atoms with Gasteiger partial charge in [-0.2, -0.15) is 15.1 Å². The molecular weight excluding hydrogens is 473 g/mol. The molecule has 1 amide bonds. The lowest BCUT2D eigenvalue weighted by atomic mass is 10.1. The summed E-state index contributed by atoms with van der Waals surface area (Å²) < 4.78 is 16.3. The van der Waals surface area contributed by atoms with Gasteiger partial charge in [-0.25, -0.2) is 4.39 Å². The summed E-state index contributed by atoms with van der Waals surface area (Å²) in [5.74, 6) is -1.06. The number of carbonyl (C=O) groups excluding carboxylic acids is 1. The van der Waals surface area contributed by atoms with Gasteiger partial charge in [0.05, 0.1) is 5.57 Å². The molecular formula is C25H19ClFN5OS. The van der Waals surface area contributed by atoms with Crippen LogP contribution >= 0.6 is 23.4 Å². The summed E-state index contributed by atoms with van der Waals surface area (Å²) in [6.07, 6.45) is 1.65. The molecule has 3 heterocycles. The van der Waals surface area contributed by atoms with Crippen molar-refractivity contribution in [1.82, 2.24) is 9.58 Å². The first-order valence-electron chi connectivity index (χ1n) is 10.4. The molecule has 2 aromatic carbocycles. The molecule has 0 unspecified atom stereocenters. The second-order valence-corrected chi connectivity index (χ2v) is 9.36. The normalized spacial score (nSPS) is 16.7. The number of fused-ring (bicyclic) bond motifs is 1. The highest BCUT2D eigenvalue weighted by Crippen LogP contribution is 2.32. The van der Waals surface area contributed by atoms with Gasteiger partial charge in [0.15, 0.2) is 5.84 Å². The van der Waals surface area contributed by atoms with Crippen LogP contribution in [0.25, 0.3) is 11.8 Å². The molecule has 2 aliphatic rings. The van der Waals surface area contributed by atoms with Crippen molar-refractivity contribution in [1.29, 1.82) is 5.41 Å². The Morgan fingerprint density at radius 2 is 1.88 bits per heavy atom. The number of aliphatic imine (C=N–C) groups is 1. The molecule has 6 nitrogen and oxygen atoms in total. The lowest BCUT2D eigenvalue weighted by Crippen LogP contribution is -2.35. The van der Waals surface area contributed by atoms with Crippen LogP contribution in [0, 0.1) is 32.0 Å². The second kappa shape index (κ2) is 8.38. The van der Waals surface area contributed by atoms with Crippen LogP contribution in [-0.2, 0) is 4.79 Å². The zero-order valence-electron chi connectivity index (χ0n) is 18.6. The molecule has 0 bridgehead atoms. The molecule has 170 valence electrons. The van der Waals surface area contributed by atoms with Crippen molar-refractivity contribution < 1.29 is 9.18 Å². The average molecular weight is 492 g/mol. The number of nitrogens with zero attached hydrogens (tertiary/aromatic N) is 4. The van der Waals surface area contributed by atoms with E-state index in [1.54, 1.807) is 24.3 Å². The van der Waals surface area contributed by atoms with E-state index < -0.39 is 11.7 Å². The number of halogens is 2. The predicted molar refractivity (Wildman–Crippen MR) is 136 cm³/mol. The topological polar surface area (TPSA) is 73.8 Å². The fraction of sp³-hybridized carbons (Fsp3) is 0.120. The molecule has 0 saturated carbocycles. The van der Waals surface area contributed by atoms with Gasteiger partial charge < -0.3 is 4.57 Å². The van der Waals surface area contributed by atoms with E-state index in [1.165, 1.54) is 11.1 Å². The summed E-state index contributed by atoms with van der Waals surface area (Å²) in [4.78, 5) is 16.9. The Balaban J connectivity index is 1.52. The Labute approximate surface area is 205 Å². The number of benzene rings is 2. The van der Waals surface area contributed by atoms with E-state index in [9.17, 15) is 9.18 Å². The van der Waals surface area contributed by atoms with Crippen LogP contribution in [0.15, 0.2) is 64.2 Å². The van der Waals surface area contributed by atoms with E-state index in [-0.39, 0.29) is 16.6 Å². The Bertz CT molecular complexity index is 1490. The predicted octanol–water partition coefficient (Wildman–Crippen LogP) is 5.86. The summed E-state index contributed by atoms with van der Waals surface area (Å²) in [5.41, 5.74) is 4.96. The van der Waals surface area contributed by atoms with Crippen molar-refractivity contribution in [2.75, 3.05) is 0 Å². The lowest BCUT2D eigenvalue weighted by molar-refractivity contribution is -0.114. The van der Waals surface area contributed by atoms with Crippen LogP contribution < -0.4 is 0 Å². The van der Waals surface area contributed by atoms with Crippen molar-refractivity contribution >= 4 is 51.4 Å². The molecule has 0 aliphatic carbocycles. The molecule has 0 atom stereocenters. The van der Waals surface area contributed by atoms with Gasteiger partial charge in [0.1, 0.15) is 10.9 Å². The largest absolute Gasteiger partial charge is 0.318 e. The number of thioether (sulfide) groups is 1. The van der Waals surface area contributed by atoms with E-state index in [4.69, 9.17) is 17.0 Å². The molecule has 34 heavy (non-hydrogen) atoms. The number of hydrazone groups is 1. The SMILES string of the molecule is Cc1ccc(-n2c(C)cc(/C=C3\C(=N)N4N=C(c5ccccc5F)SC4=NC3=O)c2C)cc1Cl. The zero-order valence-corrected chi connectivity index (χ0v) is 20.1. The summed E-state index contributed by atoms with van der Waals surface area (Å²) in [7, 11) is 0. The highest BCUT2D eigenvalue weighted by molar-refractivity contribution is 8.27. The first-order valence-corrected chi connectivity index (χ1v) is 11.6. The molecule has 0 spiro atoms. The van der Waals surface area contributed by atoms with Gasteiger partial charge in [-0.3, -0.25) is 10.2 Å². The van der Waals surface area contributed by atoms with Gasteiger partial charge in [0, 0.05) is 27.7 Å². The van der Waals surface area contributed by atoms with Gasteiger partial charge in [0.25, 0.3) is 5.91 Å². The highest BCUT2D eigenvalue weighted by Gasteiger charge is 2.36. The molecule has 2 aliphatic heterocycles. The Morgan fingerprint density at radius 1 is 1.12 bits per heavy atom. The number of aryl methyl sites for hydroxylation is 2. The molecule has 1 aromatic heterocycles. The van der Waals surface area contributed by atoms with Crippen molar-refractivity contribution in [3.8, 4) is 5.69 Å². The van der Waals surface area contributed by atoms with E-state index in [0.29, 0.717) is 15.6 Å². The zero-order chi connectivity index (χ0) is 24.1. The number of carbonyl (C=O) groups is 1. The highest BCUT2D eigenvalue weighted by atomic mass is 35.5. The van der Waals surface area contributed by atoms with Gasteiger partial charge in [0.2, 0.25) is 5.17 Å². The lowest BCUT2D eigenvalue weighted by Gasteiger charge is -2.20. The molecule has 1 N–H and O–H groups in total. The molecule has 3 aromatic rings. The Morgan fingerprint density at radius 3 is 2.62 bits per heavy atom. The minimum absolute atomic E-state index is 0.1000. The Kier molecular flexibility index (Phi) is 5.50. The minimum atomic E-state index is -0.531. The maximum atomic E-state index is 14.2. The van der Waals surface area contributed by atoms with E-state index in [2.05, 4.69) is 10.1 Å². The van der Waals surface area contributed by atoms with Crippen molar-refractivity contribution in [3.05, 3.63) is 93.0 Å². The second-order valence-electron chi connectivity index (χ2n) is 8.00. The van der Waals surface area contributed by atoms with Crippen LogP contribution in [-0.4, -0.2) is 31.5 Å². The van der Waals surface area contributed by atoms with Crippen LogP contribution in [0.4, 0.5) is 4.39 Å².